The first-order valence-electron chi connectivity index (χ1n) is 3.40. The van der Waals surface area contributed by atoms with Crippen LogP contribution in [0.3, 0.4) is 0 Å². The zero-order valence-corrected chi connectivity index (χ0v) is 6.31. The van der Waals surface area contributed by atoms with Gasteiger partial charge >= 0.3 is 0 Å². The summed E-state index contributed by atoms with van der Waals surface area (Å²) in [6, 6.07) is 0. The highest BCUT2D eigenvalue weighted by Gasteiger charge is 2.25. The van der Waals surface area contributed by atoms with Crippen LogP contribution in [-0.2, 0) is 0 Å². The monoisotopic (exact) mass is 126 g/mol. The maximum atomic E-state index is 4.01. The molecule has 0 saturated carbocycles. The molecular weight excluding hydrogens is 112 g/mol. The highest BCUT2D eigenvalue weighted by atomic mass is 15.3. The van der Waals surface area contributed by atoms with Crippen molar-refractivity contribution >= 4 is 6.21 Å². The van der Waals surface area contributed by atoms with Gasteiger partial charge in [-0.2, -0.15) is 5.10 Å². The molecule has 0 aromatic heterocycles. The largest absolute Gasteiger partial charge is 0.310 e. The molecule has 0 spiro atoms. The van der Waals surface area contributed by atoms with E-state index in [0.29, 0.717) is 5.92 Å². The van der Waals surface area contributed by atoms with Crippen molar-refractivity contribution in [1.29, 1.82) is 0 Å². The van der Waals surface area contributed by atoms with Gasteiger partial charge in [0.25, 0.3) is 0 Å². The number of hydrazone groups is 1. The standard InChI is InChI=1S/C7H14N2/c1-6-4-8-9-5-7(6,2)3/h5-6,8H,4H2,1-3H3/t6-/m1/s1. The van der Waals surface area contributed by atoms with Crippen molar-refractivity contribution in [2.24, 2.45) is 16.4 Å². The van der Waals surface area contributed by atoms with Crippen molar-refractivity contribution in [3.8, 4) is 0 Å². The molecule has 0 aromatic carbocycles. The van der Waals surface area contributed by atoms with Gasteiger partial charge in [0.05, 0.1) is 0 Å². The van der Waals surface area contributed by atoms with E-state index in [1.165, 1.54) is 0 Å². The van der Waals surface area contributed by atoms with Gasteiger partial charge in [-0.15, -0.1) is 0 Å². The van der Waals surface area contributed by atoms with Crippen molar-refractivity contribution in [1.82, 2.24) is 5.43 Å². The Kier molecular flexibility index (Phi) is 1.47. The summed E-state index contributed by atoms with van der Waals surface area (Å²) in [4.78, 5) is 0. The summed E-state index contributed by atoms with van der Waals surface area (Å²) in [6.07, 6.45) is 1.99. The lowest BCUT2D eigenvalue weighted by molar-refractivity contribution is 0.310. The third-order valence-electron chi connectivity index (χ3n) is 2.16. The number of nitrogens with zero attached hydrogens (tertiary/aromatic N) is 1. The van der Waals surface area contributed by atoms with Crippen LogP contribution in [0.5, 0.6) is 0 Å². The highest BCUT2D eigenvalue weighted by Crippen LogP contribution is 2.24. The van der Waals surface area contributed by atoms with Crippen LogP contribution in [0.1, 0.15) is 20.8 Å². The second-order valence-corrected chi connectivity index (χ2v) is 3.34. The summed E-state index contributed by atoms with van der Waals surface area (Å²) in [5.74, 6) is 0.690. The van der Waals surface area contributed by atoms with E-state index in [9.17, 15) is 0 Å². The molecule has 0 unspecified atom stereocenters. The lowest BCUT2D eigenvalue weighted by Crippen LogP contribution is -2.35. The molecule has 0 bridgehead atoms. The van der Waals surface area contributed by atoms with Crippen LogP contribution in [0.15, 0.2) is 5.10 Å². The summed E-state index contributed by atoms with van der Waals surface area (Å²) < 4.78 is 0. The second kappa shape index (κ2) is 2.01. The Morgan fingerprint density at radius 1 is 1.67 bits per heavy atom. The zero-order valence-electron chi connectivity index (χ0n) is 6.31. The van der Waals surface area contributed by atoms with Gasteiger partial charge in [-0.3, -0.25) is 0 Å². The Bertz CT molecular complexity index is 127. The fraction of sp³-hybridized carbons (Fsp3) is 0.857. The average Bonchev–Trinajstić information content (AvgIpc) is 1.77. The molecule has 1 aliphatic rings. The molecule has 0 amide bonds. The van der Waals surface area contributed by atoms with E-state index in [2.05, 4.69) is 31.3 Å². The van der Waals surface area contributed by atoms with Crippen molar-refractivity contribution < 1.29 is 0 Å². The molecule has 0 aromatic rings. The lowest BCUT2D eigenvalue weighted by Gasteiger charge is -2.30. The third kappa shape index (κ3) is 1.23. The van der Waals surface area contributed by atoms with Crippen LogP contribution in [-0.4, -0.2) is 12.8 Å². The molecule has 1 atom stereocenters. The first-order valence-corrected chi connectivity index (χ1v) is 3.40. The van der Waals surface area contributed by atoms with E-state index in [4.69, 9.17) is 0 Å². The van der Waals surface area contributed by atoms with Crippen molar-refractivity contribution in [2.45, 2.75) is 20.8 Å². The molecule has 2 nitrogen and oxygen atoms in total. The number of nitrogens with one attached hydrogen (secondary N) is 1. The number of rotatable bonds is 0. The zero-order chi connectivity index (χ0) is 6.91. The Hall–Kier alpha value is -0.530. The fourth-order valence-corrected chi connectivity index (χ4v) is 0.792. The molecular formula is C7H14N2. The van der Waals surface area contributed by atoms with E-state index in [0.717, 1.165) is 6.54 Å². The molecule has 0 saturated heterocycles. The molecule has 0 aliphatic carbocycles. The minimum Gasteiger partial charge on any atom is -0.310 e. The molecule has 1 rings (SSSR count). The molecule has 0 fully saturated rings. The van der Waals surface area contributed by atoms with Crippen LogP contribution >= 0.6 is 0 Å². The van der Waals surface area contributed by atoms with Gasteiger partial charge in [0.2, 0.25) is 0 Å². The van der Waals surface area contributed by atoms with Crippen LogP contribution in [0, 0.1) is 11.3 Å². The second-order valence-electron chi connectivity index (χ2n) is 3.34. The highest BCUT2D eigenvalue weighted by molar-refractivity contribution is 5.65. The van der Waals surface area contributed by atoms with Crippen LogP contribution in [0.25, 0.3) is 0 Å². The minimum absolute atomic E-state index is 0.283. The predicted octanol–water partition coefficient (Wildman–Crippen LogP) is 1.24. The topological polar surface area (TPSA) is 24.4 Å². The molecule has 1 aliphatic heterocycles. The van der Waals surface area contributed by atoms with E-state index >= 15 is 0 Å². The van der Waals surface area contributed by atoms with Gasteiger partial charge in [-0.25, -0.2) is 0 Å². The average molecular weight is 126 g/mol. The first kappa shape index (κ1) is 6.59. The normalized spacial score (nSPS) is 31.7. The number of hydrogen-bond acceptors (Lipinski definition) is 2. The Labute approximate surface area is 56.3 Å². The van der Waals surface area contributed by atoms with Crippen molar-refractivity contribution in [2.75, 3.05) is 6.54 Å². The Morgan fingerprint density at radius 2 is 2.33 bits per heavy atom. The van der Waals surface area contributed by atoms with E-state index < -0.39 is 0 Å². The summed E-state index contributed by atoms with van der Waals surface area (Å²) in [5, 5.41) is 4.01. The maximum absolute atomic E-state index is 4.01. The SMILES string of the molecule is C[C@@H]1CNN=CC1(C)C. The maximum Gasteiger partial charge on any atom is 0.0363 e. The smallest absolute Gasteiger partial charge is 0.0363 e. The fourth-order valence-electron chi connectivity index (χ4n) is 0.792. The van der Waals surface area contributed by atoms with E-state index in [1.54, 1.807) is 0 Å². The van der Waals surface area contributed by atoms with Gasteiger partial charge in [-0.1, -0.05) is 20.8 Å². The number of hydrogen-bond donors (Lipinski definition) is 1. The van der Waals surface area contributed by atoms with Gasteiger partial charge in [0.1, 0.15) is 0 Å². The van der Waals surface area contributed by atoms with Crippen molar-refractivity contribution in [3.63, 3.8) is 0 Å². The Morgan fingerprint density at radius 3 is 2.67 bits per heavy atom. The summed E-state index contributed by atoms with van der Waals surface area (Å²) >= 11 is 0. The molecule has 1 heterocycles. The lowest BCUT2D eigenvalue weighted by atomic mass is 9.80. The van der Waals surface area contributed by atoms with Crippen molar-refractivity contribution in [3.05, 3.63) is 0 Å². The molecule has 2 heteroatoms. The quantitative estimate of drug-likeness (QED) is 0.519. The van der Waals surface area contributed by atoms with Gasteiger partial charge in [-0.05, 0) is 5.92 Å². The summed E-state index contributed by atoms with van der Waals surface area (Å²) in [7, 11) is 0. The first-order chi connectivity index (χ1) is 4.13. The predicted molar refractivity (Wildman–Crippen MR) is 39.4 cm³/mol. The van der Waals surface area contributed by atoms with Crippen LogP contribution in [0.4, 0.5) is 0 Å². The van der Waals surface area contributed by atoms with Crippen LogP contribution < -0.4 is 5.43 Å². The third-order valence-corrected chi connectivity index (χ3v) is 2.16. The minimum atomic E-state index is 0.283. The van der Waals surface area contributed by atoms with Crippen LogP contribution in [0.2, 0.25) is 0 Å². The molecule has 0 radical (unpaired) electrons. The Balaban J connectivity index is 2.68. The van der Waals surface area contributed by atoms with E-state index in [-0.39, 0.29) is 5.41 Å². The van der Waals surface area contributed by atoms with Gasteiger partial charge in [0.15, 0.2) is 0 Å². The molecule has 9 heavy (non-hydrogen) atoms. The van der Waals surface area contributed by atoms with Gasteiger partial charge in [0, 0.05) is 18.2 Å². The van der Waals surface area contributed by atoms with E-state index in [1.807, 2.05) is 6.21 Å². The summed E-state index contributed by atoms with van der Waals surface area (Å²) in [6.45, 7) is 7.66. The summed E-state index contributed by atoms with van der Waals surface area (Å²) in [5.41, 5.74) is 3.24. The molecule has 52 valence electrons. The molecule has 1 N–H and O–H groups in total. The van der Waals surface area contributed by atoms with Gasteiger partial charge < -0.3 is 5.43 Å².